The van der Waals surface area contributed by atoms with Crippen molar-refractivity contribution < 1.29 is 0 Å². The van der Waals surface area contributed by atoms with Crippen molar-refractivity contribution >= 4 is 0 Å². The molecule has 0 atom stereocenters. The van der Waals surface area contributed by atoms with E-state index in [0.717, 1.165) is 25.8 Å². The molecule has 2 rings (SSSR count). The van der Waals surface area contributed by atoms with Crippen LogP contribution in [0.4, 0.5) is 0 Å². The van der Waals surface area contributed by atoms with Gasteiger partial charge in [-0.05, 0) is 37.7 Å². The van der Waals surface area contributed by atoms with Gasteiger partial charge in [0.1, 0.15) is 5.82 Å². The van der Waals surface area contributed by atoms with Gasteiger partial charge in [0, 0.05) is 19.2 Å². The number of benzene rings is 1. The average Bonchev–Trinajstić information content (AvgIpc) is 3.30. The number of aryl methyl sites for hydroxylation is 4. The van der Waals surface area contributed by atoms with E-state index in [1.165, 1.54) is 145 Å². The molecule has 2 aromatic rings. The van der Waals surface area contributed by atoms with Crippen molar-refractivity contribution in [1.29, 1.82) is 0 Å². The van der Waals surface area contributed by atoms with Crippen LogP contribution in [-0.4, -0.2) is 9.55 Å². The molecule has 1 aromatic carbocycles. The van der Waals surface area contributed by atoms with Crippen LogP contribution in [0.2, 0.25) is 0 Å². The number of aromatic nitrogens is 2. The monoisotopic (exact) mass is 508 g/mol. The summed E-state index contributed by atoms with van der Waals surface area (Å²) in [6, 6.07) is 10.9. The molecule has 37 heavy (non-hydrogen) atoms. The molecular formula is C35H60N2. The lowest BCUT2D eigenvalue weighted by molar-refractivity contribution is 0.519. The molecule has 0 aliphatic rings. The molecule has 0 aliphatic heterocycles. The SMILES string of the molecule is CCCCCCCCCCCCCCn1cc(CCCc2ccccc2)nc1CCCCCCCCC. The van der Waals surface area contributed by atoms with Crippen molar-refractivity contribution in [2.45, 2.75) is 168 Å². The summed E-state index contributed by atoms with van der Waals surface area (Å²) in [7, 11) is 0. The lowest BCUT2D eigenvalue weighted by atomic mass is 10.1. The van der Waals surface area contributed by atoms with Gasteiger partial charge in [0.05, 0.1) is 5.69 Å². The van der Waals surface area contributed by atoms with Crippen LogP contribution in [0.5, 0.6) is 0 Å². The molecule has 0 bridgehead atoms. The van der Waals surface area contributed by atoms with Crippen LogP contribution in [0.1, 0.15) is 159 Å². The summed E-state index contributed by atoms with van der Waals surface area (Å²) < 4.78 is 2.52. The number of unbranched alkanes of at least 4 members (excludes halogenated alkanes) is 17. The van der Waals surface area contributed by atoms with Crippen LogP contribution in [0.15, 0.2) is 36.5 Å². The van der Waals surface area contributed by atoms with Gasteiger partial charge in [-0.1, -0.05) is 153 Å². The molecule has 1 aromatic heterocycles. The number of hydrogen-bond acceptors (Lipinski definition) is 1. The normalized spacial score (nSPS) is 11.4. The van der Waals surface area contributed by atoms with Crippen LogP contribution >= 0.6 is 0 Å². The summed E-state index contributed by atoms with van der Waals surface area (Å²) in [5.41, 5.74) is 2.76. The van der Waals surface area contributed by atoms with E-state index in [9.17, 15) is 0 Å². The molecular weight excluding hydrogens is 448 g/mol. The maximum Gasteiger partial charge on any atom is 0.108 e. The van der Waals surface area contributed by atoms with Gasteiger partial charge in [-0.25, -0.2) is 4.98 Å². The fraction of sp³-hybridized carbons (Fsp3) is 0.743. The van der Waals surface area contributed by atoms with E-state index in [4.69, 9.17) is 4.98 Å². The third-order valence-electron chi connectivity index (χ3n) is 7.91. The Kier molecular flexibility index (Phi) is 19.2. The van der Waals surface area contributed by atoms with E-state index in [1.54, 1.807) is 0 Å². The van der Waals surface area contributed by atoms with Crippen LogP contribution in [-0.2, 0) is 25.8 Å². The Morgan fingerprint density at radius 2 is 1.03 bits per heavy atom. The second-order valence-corrected chi connectivity index (χ2v) is 11.4. The largest absolute Gasteiger partial charge is 0.335 e. The Balaban J connectivity index is 1.67. The molecule has 0 saturated carbocycles. The maximum absolute atomic E-state index is 5.13. The molecule has 1 heterocycles. The summed E-state index contributed by atoms with van der Waals surface area (Å²) >= 11 is 0. The second-order valence-electron chi connectivity index (χ2n) is 11.4. The molecule has 0 fully saturated rings. The van der Waals surface area contributed by atoms with Gasteiger partial charge in [0.15, 0.2) is 0 Å². The fourth-order valence-corrected chi connectivity index (χ4v) is 5.51. The highest BCUT2D eigenvalue weighted by molar-refractivity contribution is 5.15. The Hall–Kier alpha value is -1.57. The van der Waals surface area contributed by atoms with E-state index in [2.05, 4.69) is 54.9 Å². The van der Waals surface area contributed by atoms with Crippen molar-refractivity contribution in [2.75, 3.05) is 0 Å². The fourth-order valence-electron chi connectivity index (χ4n) is 5.51. The van der Waals surface area contributed by atoms with Crippen LogP contribution in [0.25, 0.3) is 0 Å². The van der Waals surface area contributed by atoms with Crippen molar-refractivity contribution in [2.24, 2.45) is 0 Å². The molecule has 0 amide bonds. The van der Waals surface area contributed by atoms with Crippen molar-refractivity contribution in [3.05, 3.63) is 53.6 Å². The molecule has 0 saturated heterocycles. The topological polar surface area (TPSA) is 17.8 Å². The molecule has 0 aliphatic carbocycles. The van der Waals surface area contributed by atoms with Crippen molar-refractivity contribution in [3.63, 3.8) is 0 Å². The van der Waals surface area contributed by atoms with Crippen molar-refractivity contribution in [3.8, 4) is 0 Å². The van der Waals surface area contributed by atoms with Gasteiger partial charge in [-0.3, -0.25) is 0 Å². The molecule has 0 radical (unpaired) electrons. The molecule has 210 valence electrons. The van der Waals surface area contributed by atoms with Crippen molar-refractivity contribution in [1.82, 2.24) is 9.55 Å². The number of imidazole rings is 1. The van der Waals surface area contributed by atoms with E-state index < -0.39 is 0 Å². The Bertz CT molecular complexity index is 748. The van der Waals surface area contributed by atoms with Gasteiger partial charge in [0.2, 0.25) is 0 Å². The zero-order valence-electron chi connectivity index (χ0n) is 24.8. The first-order valence-corrected chi connectivity index (χ1v) is 16.4. The highest BCUT2D eigenvalue weighted by atomic mass is 15.1. The molecule has 0 unspecified atom stereocenters. The quantitative estimate of drug-likeness (QED) is 0.122. The highest BCUT2D eigenvalue weighted by Gasteiger charge is 2.08. The first kappa shape index (κ1) is 31.6. The zero-order valence-corrected chi connectivity index (χ0v) is 24.8. The van der Waals surface area contributed by atoms with E-state index in [1.807, 2.05) is 0 Å². The first-order chi connectivity index (χ1) is 18.3. The minimum Gasteiger partial charge on any atom is -0.335 e. The highest BCUT2D eigenvalue weighted by Crippen LogP contribution is 2.16. The molecule has 2 heteroatoms. The third kappa shape index (κ3) is 16.1. The minimum atomic E-state index is 1.10. The number of rotatable bonds is 25. The molecule has 0 spiro atoms. The smallest absolute Gasteiger partial charge is 0.108 e. The lowest BCUT2D eigenvalue weighted by Crippen LogP contribution is -2.03. The van der Waals surface area contributed by atoms with Gasteiger partial charge in [-0.2, -0.15) is 0 Å². The van der Waals surface area contributed by atoms with Gasteiger partial charge in [0.25, 0.3) is 0 Å². The van der Waals surface area contributed by atoms with Gasteiger partial charge >= 0.3 is 0 Å². The Morgan fingerprint density at radius 3 is 1.59 bits per heavy atom. The average molecular weight is 509 g/mol. The van der Waals surface area contributed by atoms with Crippen LogP contribution < -0.4 is 0 Å². The number of nitrogens with zero attached hydrogens (tertiary/aromatic N) is 2. The summed E-state index contributed by atoms with van der Waals surface area (Å²) in [5, 5.41) is 0. The summed E-state index contributed by atoms with van der Waals surface area (Å²) in [6.45, 7) is 5.76. The predicted octanol–water partition coefficient (Wildman–Crippen LogP) is 11.1. The van der Waals surface area contributed by atoms with E-state index >= 15 is 0 Å². The standard InChI is InChI=1S/C35H60N2/c1-3-5-7-9-11-12-13-14-15-17-19-24-31-37-32-34(29-25-28-33-26-21-20-22-27-33)36-35(37)30-23-18-16-10-8-6-4-2/h20-22,26-27,32H,3-19,23-25,28-31H2,1-2H3. The Labute approximate surface area is 231 Å². The maximum atomic E-state index is 5.13. The minimum absolute atomic E-state index is 1.10. The lowest BCUT2D eigenvalue weighted by Gasteiger charge is -2.08. The predicted molar refractivity (Wildman–Crippen MR) is 163 cm³/mol. The molecule has 2 nitrogen and oxygen atoms in total. The summed E-state index contributed by atoms with van der Waals surface area (Å²) in [5.74, 6) is 1.35. The first-order valence-electron chi connectivity index (χ1n) is 16.4. The van der Waals surface area contributed by atoms with E-state index in [-0.39, 0.29) is 0 Å². The van der Waals surface area contributed by atoms with Crippen LogP contribution in [0, 0.1) is 0 Å². The van der Waals surface area contributed by atoms with Crippen LogP contribution in [0.3, 0.4) is 0 Å². The van der Waals surface area contributed by atoms with E-state index in [0.29, 0.717) is 0 Å². The number of hydrogen-bond donors (Lipinski definition) is 0. The van der Waals surface area contributed by atoms with Gasteiger partial charge in [-0.15, -0.1) is 0 Å². The third-order valence-corrected chi connectivity index (χ3v) is 7.91. The zero-order chi connectivity index (χ0) is 26.2. The summed E-state index contributed by atoms with van der Waals surface area (Å²) in [6.07, 6.45) is 33.6. The van der Waals surface area contributed by atoms with Gasteiger partial charge < -0.3 is 4.57 Å². The summed E-state index contributed by atoms with van der Waals surface area (Å²) in [4.78, 5) is 5.13. The Morgan fingerprint density at radius 1 is 0.514 bits per heavy atom. The second kappa shape index (κ2) is 22.4. The molecule has 0 N–H and O–H groups in total.